The van der Waals surface area contributed by atoms with Gasteiger partial charge in [-0.2, -0.15) is 0 Å². The van der Waals surface area contributed by atoms with Crippen molar-refractivity contribution in [1.29, 1.82) is 0 Å². The Morgan fingerprint density at radius 3 is 2.87 bits per heavy atom. The molecule has 1 N–H and O–H groups in total. The van der Waals surface area contributed by atoms with Gasteiger partial charge in [-0.15, -0.1) is 30.6 Å². The van der Waals surface area contributed by atoms with E-state index in [9.17, 15) is 0 Å². The highest BCUT2D eigenvalue weighted by Crippen LogP contribution is 2.05. The third-order valence-corrected chi connectivity index (χ3v) is 3.42. The Bertz CT molecular complexity index is 604. The topological polar surface area (TPSA) is 45.7 Å². The Morgan fingerprint density at radius 2 is 2.26 bits per heavy atom. The lowest BCUT2D eigenvalue weighted by atomic mass is 10.3. The van der Waals surface area contributed by atoms with E-state index in [4.69, 9.17) is 4.42 Å². The predicted octanol–water partition coefficient (Wildman–Crippen LogP) is 3.04. The quantitative estimate of drug-likeness (QED) is 0.319. The third kappa shape index (κ3) is 6.13. The van der Waals surface area contributed by atoms with Gasteiger partial charge in [-0.25, -0.2) is 0 Å². The summed E-state index contributed by atoms with van der Waals surface area (Å²) >= 11 is 0. The average Bonchev–Trinajstić information content (AvgIpc) is 3.15. The van der Waals surface area contributed by atoms with E-state index in [1.165, 1.54) is 5.69 Å². The molecule has 23 heavy (non-hydrogen) atoms. The number of nitrogens with one attached hydrogen (secondary N) is 1. The first-order chi connectivity index (χ1) is 10.7. The minimum absolute atomic E-state index is 0. The van der Waals surface area contributed by atoms with E-state index >= 15 is 0 Å². The van der Waals surface area contributed by atoms with E-state index in [0.717, 1.165) is 24.7 Å². The van der Waals surface area contributed by atoms with Gasteiger partial charge in [-0.1, -0.05) is 6.08 Å². The zero-order valence-corrected chi connectivity index (χ0v) is 16.1. The number of halogens is 1. The maximum atomic E-state index is 5.34. The van der Waals surface area contributed by atoms with E-state index in [-0.39, 0.29) is 24.0 Å². The summed E-state index contributed by atoms with van der Waals surface area (Å²) in [6.45, 7) is 5.92. The smallest absolute Gasteiger partial charge is 0.194 e. The molecular formula is C17H25IN4O. The molecule has 0 spiro atoms. The summed E-state index contributed by atoms with van der Waals surface area (Å²) in [5, 5.41) is 3.30. The average molecular weight is 428 g/mol. The highest BCUT2D eigenvalue weighted by Gasteiger charge is 2.08. The summed E-state index contributed by atoms with van der Waals surface area (Å²) in [6.07, 6.45) is 6.37. The largest absolute Gasteiger partial charge is 0.469 e. The van der Waals surface area contributed by atoms with E-state index in [1.54, 1.807) is 6.26 Å². The van der Waals surface area contributed by atoms with Crippen LogP contribution < -0.4 is 5.32 Å². The second-order valence-corrected chi connectivity index (χ2v) is 5.17. The Morgan fingerprint density at radius 1 is 1.43 bits per heavy atom. The van der Waals surface area contributed by atoms with Crippen molar-refractivity contribution >= 4 is 29.9 Å². The molecule has 0 aromatic carbocycles. The number of nitrogens with zero attached hydrogens (tertiary/aromatic N) is 3. The van der Waals surface area contributed by atoms with Crippen molar-refractivity contribution in [3.05, 3.63) is 60.8 Å². The molecule has 0 fully saturated rings. The van der Waals surface area contributed by atoms with Gasteiger partial charge < -0.3 is 19.2 Å². The molecule has 6 heteroatoms. The molecule has 2 heterocycles. The van der Waals surface area contributed by atoms with Crippen LogP contribution in [-0.4, -0.2) is 35.6 Å². The van der Waals surface area contributed by atoms with Crippen molar-refractivity contribution in [2.24, 2.45) is 12.0 Å². The molecule has 2 aromatic rings. The maximum absolute atomic E-state index is 5.34. The molecule has 0 bridgehead atoms. The van der Waals surface area contributed by atoms with Gasteiger partial charge in [-0.3, -0.25) is 4.99 Å². The summed E-state index contributed by atoms with van der Waals surface area (Å²) in [5.74, 6) is 1.82. The van der Waals surface area contributed by atoms with Gasteiger partial charge in [0.2, 0.25) is 0 Å². The lowest BCUT2D eigenvalue weighted by molar-refractivity contribution is 0.461. The highest BCUT2D eigenvalue weighted by atomic mass is 127. The van der Waals surface area contributed by atoms with Crippen LogP contribution >= 0.6 is 24.0 Å². The minimum atomic E-state index is 0. The molecule has 2 aromatic heterocycles. The molecule has 0 radical (unpaired) electrons. The molecule has 0 aliphatic rings. The summed E-state index contributed by atoms with van der Waals surface area (Å²) < 4.78 is 7.45. The SMILES string of the molecule is C=CCNC(=NCCc1ccco1)N(C)Cc1cccn1C.I. The van der Waals surface area contributed by atoms with Crippen molar-refractivity contribution in [2.75, 3.05) is 20.1 Å². The number of furan rings is 1. The summed E-state index contributed by atoms with van der Waals surface area (Å²) in [7, 11) is 4.09. The molecule has 5 nitrogen and oxygen atoms in total. The second-order valence-electron chi connectivity index (χ2n) is 5.17. The molecule has 0 saturated heterocycles. The number of aliphatic imine (C=N–C) groups is 1. The fourth-order valence-corrected chi connectivity index (χ4v) is 2.18. The van der Waals surface area contributed by atoms with E-state index in [2.05, 4.69) is 32.4 Å². The fourth-order valence-electron chi connectivity index (χ4n) is 2.18. The van der Waals surface area contributed by atoms with Crippen LogP contribution in [0.5, 0.6) is 0 Å². The molecule has 0 amide bonds. The van der Waals surface area contributed by atoms with Crippen LogP contribution in [0.2, 0.25) is 0 Å². The molecular weight excluding hydrogens is 403 g/mol. The normalized spacial score (nSPS) is 11.0. The predicted molar refractivity (Wildman–Crippen MR) is 105 cm³/mol. The lowest BCUT2D eigenvalue weighted by Crippen LogP contribution is -2.39. The third-order valence-electron chi connectivity index (χ3n) is 3.42. The fraction of sp³-hybridized carbons (Fsp3) is 0.353. The van der Waals surface area contributed by atoms with Gasteiger partial charge in [0.25, 0.3) is 0 Å². The molecule has 126 valence electrons. The Hall–Kier alpha value is -1.70. The van der Waals surface area contributed by atoms with E-state index in [0.29, 0.717) is 13.1 Å². The van der Waals surface area contributed by atoms with Crippen LogP contribution in [0.1, 0.15) is 11.5 Å². The van der Waals surface area contributed by atoms with Crippen molar-refractivity contribution in [3.8, 4) is 0 Å². The first-order valence-electron chi connectivity index (χ1n) is 7.43. The van der Waals surface area contributed by atoms with Crippen LogP contribution in [0.15, 0.2) is 58.8 Å². The lowest BCUT2D eigenvalue weighted by Gasteiger charge is -2.22. The monoisotopic (exact) mass is 428 g/mol. The Labute approximate surface area is 155 Å². The van der Waals surface area contributed by atoms with Crippen LogP contribution in [0.4, 0.5) is 0 Å². The molecule has 0 atom stereocenters. The number of aryl methyl sites for hydroxylation is 1. The summed E-state index contributed by atoms with van der Waals surface area (Å²) in [5.41, 5.74) is 1.24. The van der Waals surface area contributed by atoms with Crippen LogP contribution in [0.25, 0.3) is 0 Å². The van der Waals surface area contributed by atoms with Crippen LogP contribution in [-0.2, 0) is 20.0 Å². The van der Waals surface area contributed by atoms with Gasteiger partial charge in [0, 0.05) is 45.5 Å². The summed E-state index contributed by atoms with van der Waals surface area (Å²) in [6, 6.07) is 8.04. The highest BCUT2D eigenvalue weighted by molar-refractivity contribution is 14.0. The second kappa shape index (κ2) is 10.1. The zero-order valence-electron chi connectivity index (χ0n) is 13.7. The van der Waals surface area contributed by atoms with Crippen LogP contribution in [0.3, 0.4) is 0 Å². The van der Waals surface area contributed by atoms with Crippen molar-refractivity contribution in [2.45, 2.75) is 13.0 Å². The van der Waals surface area contributed by atoms with Crippen molar-refractivity contribution in [1.82, 2.24) is 14.8 Å². The molecule has 0 saturated carbocycles. The minimum Gasteiger partial charge on any atom is -0.469 e. The van der Waals surface area contributed by atoms with Gasteiger partial charge in [-0.05, 0) is 24.3 Å². The standard InChI is InChI=1S/C17H24N4O.HI/c1-4-10-18-17(19-11-9-16-8-6-13-22-16)21(3)14-15-7-5-12-20(15)2;/h4-8,12-13H,1,9-11,14H2,2-3H3,(H,18,19);1H. The molecule has 0 aliphatic heterocycles. The number of hydrogen-bond donors (Lipinski definition) is 1. The first-order valence-corrected chi connectivity index (χ1v) is 7.43. The van der Waals surface area contributed by atoms with Crippen molar-refractivity contribution < 1.29 is 4.42 Å². The van der Waals surface area contributed by atoms with Gasteiger partial charge in [0.05, 0.1) is 12.8 Å². The van der Waals surface area contributed by atoms with Crippen molar-refractivity contribution in [3.63, 3.8) is 0 Å². The number of hydrogen-bond acceptors (Lipinski definition) is 2. The van der Waals surface area contributed by atoms with Gasteiger partial charge in [0.15, 0.2) is 5.96 Å². The maximum Gasteiger partial charge on any atom is 0.194 e. The number of rotatable bonds is 7. The van der Waals surface area contributed by atoms with E-state index in [1.807, 2.05) is 44.6 Å². The Kier molecular flexibility index (Phi) is 8.53. The molecule has 0 aliphatic carbocycles. The first kappa shape index (κ1) is 19.3. The number of aromatic nitrogens is 1. The van der Waals surface area contributed by atoms with Crippen LogP contribution in [0, 0.1) is 0 Å². The molecule has 2 rings (SSSR count). The number of guanidine groups is 1. The zero-order chi connectivity index (χ0) is 15.8. The Balaban J connectivity index is 0.00000264. The summed E-state index contributed by atoms with van der Waals surface area (Å²) in [4.78, 5) is 6.77. The van der Waals surface area contributed by atoms with E-state index < -0.39 is 0 Å². The van der Waals surface area contributed by atoms with Gasteiger partial charge in [0.1, 0.15) is 5.76 Å². The molecule has 0 unspecified atom stereocenters. The van der Waals surface area contributed by atoms with Gasteiger partial charge >= 0.3 is 0 Å².